The fraction of sp³-hybridized carbons (Fsp3) is 0.562. The van der Waals surface area contributed by atoms with Gasteiger partial charge in [0.2, 0.25) is 5.91 Å². The number of carbonyl (C=O) groups is 1. The SMILES string of the molecule is COc1ccccc1C(C)N(C)C(=O)C(CN)C(C)C. The van der Waals surface area contributed by atoms with Gasteiger partial charge in [-0.2, -0.15) is 0 Å². The molecule has 1 rings (SSSR count). The highest BCUT2D eigenvalue weighted by molar-refractivity contribution is 5.79. The first-order valence-corrected chi connectivity index (χ1v) is 7.03. The molecule has 0 spiro atoms. The van der Waals surface area contributed by atoms with Crippen molar-refractivity contribution in [1.82, 2.24) is 4.90 Å². The second-order valence-corrected chi connectivity index (χ2v) is 5.45. The number of hydrogen-bond acceptors (Lipinski definition) is 3. The molecule has 0 aliphatic heterocycles. The molecule has 1 aromatic carbocycles. The molecule has 4 heteroatoms. The summed E-state index contributed by atoms with van der Waals surface area (Å²) in [5, 5.41) is 0. The Morgan fingerprint density at radius 1 is 1.30 bits per heavy atom. The lowest BCUT2D eigenvalue weighted by Gasteiger charge is -2.31. The summed E-state index contributed by atoms with van der Waals surface area (Å²) in [7, 11) is 3.47. The average molecular weight is 278 g/mol. The largest absolute Gasteiger partial charge is 0.496 e. The van der Waals surface area contributed by atoms with Crippen molar-refractivity contribution in [2.75, 3.05) is 20.7 Å². The highest BCUT2D eigenvalue weighted by atomic mass is 16.5. The van der Waals surface area contributed by atoms with Gasteiger partial charge in [0.1, 0.15) is 5.75 Å². The van der Waals surface area contributed by atoms with E-state index in [1.165, 1.54) is 0 Å². The molecule has 0 saturated heterocycles. The molecule has 0 saturated carbocycles. The van der Waals surface area contributed by atoms with E-state index in [0.29, 0.717) is 6.54 Å². The highest BCUT2D eigenvalue weighted by Crippen LogP contribution is 2.29. The molecule has 0 radical (unpaired) electrons. The second kappa shape index (κ2) is 7.29. The Kier molecular flexibility index (Phi) is 6.02. The highest BCUT2D eigenvalue weighted by Gasteiger charge is 2.27. The van der Waals surface area contributed by atoms with Crippen molar-refractivity contribution in [3.8, 4) is 5.75 Å². The first-order valence-electron chi connectivity index (χ1n) is 7.03. The molecule has 1 amide bonds. The molecule has 0 aromatic heterocycles. The summed E-state index contributed by atoms with van der Waals surface area (Å²) in [5.74, 6) is 0.978. The summed E-state index contributed by atoms with van der Waals surface area (Å²) in [4.78, 5) is 14.3. The van der Waals surface area contributed by atoms with Gasteiger partial charge < -0.3 is 15.4 Å². The van der Waals surface area contributed by atoms with Crippen LogP contribution in [0.25, 0.3) is 0 Å². The Hall–Kier alpha value is -1.55. The summed E-state index contributed by atoms with van der Waals surface area (Å²) in [5.41, 5.74) is 6.74. The first kappa shape index (κ1) is 16.5. The van der Waals surface area contributed by atoms with Gasteiger partial charge in [-0.05, 0) is 18.9 Å². The number of ether oxygens (including phenoxy) is 1. The molecule has 20 heavy (non-hydrogen) atoms. The second-order valence-electron chi connectivity index (χ2n) is 5.45. The van der Waals surface area contributed by atoms with Crippen molar-refractivity contribution in [3.63, 3.8) is 0 Å². The standard InChI is InChI=1S/C16H26N2O2/c1-11(2)14(10-17)16(19)18(4)12(3)13-8-6-7-9-15(13)20-5/h6-9,11-12,14H,10,17H2,1-5H3. The molecule has 0 aliphatic carbocycles. The normalized spacial score (nSPS) is 13.9. The maximum Gasteiger partial charge on any atom is 0.227 e. The van der Waals surface area contributed by atoms with Crippen LogP contribution in [0, 0.1) is 11.8 Å². The van der Waals surface area contributed by atoms with Crippen LogP contribution in [0.4, 0.5) is 0 Å². The van der Waals surface area contributed by atoms with Crippen molar-refractivity contribution < 1.29 is 9.53 Å². The number of carbonyl (C=O) groups excluding carboxylic acids is 1. The average Bonchev–Trinajstić information content (AvgIpc) is 2.45. The monoisotopic (exact) mass is 278 g/mol. The van der Waals surface area contributed by atoms with Crippen molar-refractivity contribution in [3.05, 3.63) is 29.8 Å². The van der Waals surface area contributed by atoms with Crippen LogP contribution in [-0.4, -0.2) is 31.5 Å². The Morgan fingerprint density at radius 3 is 2.40 bits per heavy atom. The van der Waals surface area contributed by atoms with Crippen molar-refractivity contribution in [2.24, 2.45) is 17.6 Å². The van der Waals surface area contributed by atoms with E-state index in [1.807, 2.05) is 52.1 Å². The zero-order valence-corrected chi connectivity index (χ0v) is 13.1. The van der Waals surface area contributed by atoms with E-state index in [-0.39, 0.29) is 23.8 Å². The maximum atomic E-state index is 12.5. The van der Waals surface area contributed by atoms with Crippen LogP contribution in [0.15, 0.2) is 24.3 Å². The number of para-hydroxylation sites is 1. The minimum absolute atomic E-state index is 0.0496. The number of methoxy groups -OCH3 is 1. The van der Waals surface area contributed by atoms with Gasteiger partial charge >= 0.3 is 0 Å². The van der Waals surface area contributed by atoms with Crippen LogP contribution in [0.1, 0.15) is 32.4 Å². The predicted octanol–water partition coefficient (Wildman–Crippen LogP) is 2.45. The van der Waals surface area contributed by atoms with E-state index in [1.54, 1.807) is 12.0 Å². The number of benzene rings is 1. The lowest BCUT2D eigenvalue weighted by Crippen LogP contribution is -2.40. The van der Waals surface area contributed by atoms with Gasteiger partial charge in [0.25, 0.3) is 0 Å². The number of hydrogen-bond donors (Lipinski definition) is 1. The van der Waals surface area contributed by atoms with Gasteiger partial charge in [-0.1, -0.05) is 32.0 Å². The molecule has 2 atom stereocenters. The third-order valence-corrected chi connectivity index (χ3v) is 3.89. The Morgan fingerprint density at radius 2 is 1.90 bits per heavy atom. The van der Waals surface area contributed by atoms with E-state index in [2.05, 4.69) is 0 Å². The van der Waals surface area contributed by atoms with Gasteiger partial charge in [-0.25, -0.2) is 0 Å². The molecular weight excluding hydrogens is 252 g/mol. The van der Waals surface area contributed by atoms with E-state index >= 15 is 0 Å². The minimum atomic E-state index is -0.142. The molecule has 0 bridgehead atoms. The van der Waals surface area contributed by atoms with Crippen LogP contribution in [0.3, 0.4) is 0 Å². The maximum absolute atomic E-state index is 12.5. The van der Waals surface area contributed by atoms with Gasteiger partial charge in [0.05, 0.1) is 19.1 Å². The summed E-state index contributed by atoms with van der Waals surface area (Å²) in [6.07, 6.45) is 0. The Labute approximate surface area is 121 Å². The van der Waals surface area contributed by atoms with E-state index in [4.69, 9.17) is 10.5 Å². The van der Waals surface area contributed by atoms with Crippen LogP contribution in [-0.2, 0) is 4.79 Å². The van der Waals surface area contributed by atoms with Crippen molar-refractivity contribution in [1.29, 1.82) is 0 Å². The van der Waals surface area contributed by atoms with Gasteiger partial charge in [-0.15, -0.1) is 0 Å². The topological polar surface area (TPSA) is 55.6 Å². The van der Waals surface area contributed by atoms with E-state index in [9.17, 15) is 4.79 Å². The fourth-order valence-electron chi connectivity index (χ4n) is 2.33. The third kappa shape index (κ3) is 3.51. The van der Waals surface area contributed by atoms with Crippen LogP contribution < -0.4 is 10.5 Å². The summed E-state index contributed by atoms with van der Waals surface area (Å²) >= 11 is 0. The number of nitrogens with two attached hydrogens (primary N) is 1. The molecule has 112 valence electrons. The van der Waals surface area contributed by atoms with Crippen molar-refractivity contribution in [2.45, 2.75) is 26.8 Å². The predicted molar refractivity (Wildman–Crippen MR) is 81.6 cm³/mol. The molecule has 1 aromatic rings. The molecule has 4 nitrogen and oxygen atoms in total. The number of rotatable bonds is 6. The summed E-state index contributed by atoms with van der Waals surface area (Å²) in [6.45, 7) is 6.43. The minimum Gasteiger partial charge on any atom is -0.496 e. The van der Waals surface area contributed by atoms with Crippen LogP contribution >= 0.6 is 0 Å². The van der Waals surface area contributed by atoms with Crippen LogP contribution in [0.2, 0.25) is 0 Å². The molecule has 0 heterocycles. The zero-order valence-electron chi connectivity index (χ0n) is 13.1. The lowest BCUT2D eigenvalue weighted by molar-refractivity contribution is -0.137. The quantitative estimate of drug-likeness (QED) is 0.869. The van der Waals surface area contributed by atoms with Crippen LogP contribution in [0.5, 0.6) is 5.75 Å². The Bertz CT molecular complexity index is 446. The summed E-state index contributed by atoms with van der Waals surface area (Å²) in [6, 6.07) is 7.72. The number of nitrogens with zero attached hydrogens (tertiary/aromatic N) is 1. The van der Waals surface area contributed by atoms with Gasteiger partial charge in [0, 0.05) is 19.2 Å². The van der Waals surface area contributed by atoms with E-state index < -0.39 is 0 Å². The fourth-order valence-corrected chi connectivity index (χ4v) is 2.33. The van der Waals surface area contributed by atoms with Gasteiger partial charge in [-0.3, -0.25) is 4.79 Å². The Balaban J connectivity index is 2.96. The summed E-state index contributed by atoms with van der Waals surface area (Å²) < 4.78 is 5.37. The van der Waals surface area contributed by atoms with Crippen molar-refractivity contribution >= 4 is 5.91 Å². The van der Waals surface area contributed by atoms with Gasteiger partial charge in [0.15, 0.2) is 0 Å². The zero-order chi connectivity index (χ0) is 15.3. The molecular formula is C16H26N2O2. The van der Waals surface area contributed by atoms with E-state index in [0.717, 1.165) is 11.3 Å². The molecule has 0 aliphatic rings. The lowest BCUT2D eigenvalue weighted by atomic mass is 9.93. The molecule has 2 unspecified atom stereocenters. The smallest absolute Gasteiger partial charge is 0.227 e. The third-order valence-electron chi connectivity index (χ3n) is 3.89. The number of amides is 1. The first-order chi connectivity index (χ1) is 9.43. The molecule has 0 fully saturated rings. The molecule has 2 N–H and O–H groups in total.